The monoisotopic (exact) mass is 588 g/mol. The number of hydrogen-bond acceptors (Lipinski definition) is 10. The zero-order valence-electron chi connectivity index (χ0n) is 21.4. The van der Waals surface area contributed by atoms with Crippen LogP contribution in [0.5, 0.6) is 11.5 Å². The highest BCUT2D eigenvalue weighted by atomic mass is 19.4. The van der Waals surface area contributed by atoms with E-state index in [4.69, 9.17) is 9.47 Å². The topological polar surface area (TPSA) is 138 Å². The molecule has 4 rings (SSSR count). The Morgan fingerprint density at radius 3 is 2.37 bits per heavy atom. The van der Waals surface area contributed by atoms with E-state index in [9.17, 15) is 35.9 Å². The van der Waals surface area contributed by atoms with E-state index in [1.807, 2.05) is 0 Å². The summed E-state index contributed by atoms with van der Waals surface area (Å²) in [4.78, 5) is 39.0. The Morgan fingerprint density at radius 2 is 1.76 bits per heavy atom. The Morgan fingerprint density at radius 1 is 1.05 bits per heavy atom. The molecule has 0 spiro atoms. The molecule has 0 aromatic carbocycles. The number of nitrogens with one attached hydrogen (secondary N) is 2. The molecule has 1 atom stereocenters. The van der Waals surface area contributed by atoms with Gasteiger partial charge < -0.3 is 19.7 Å². The lowest BCUT2D eigenvalue weighted by molar-refractivity contribution is -0.139. The number of amides is 1. The first-order chi connectivity index (χ1) is 19.3. The maximum absolute atomic E-state index is 13.3. The molecule has 3 aromatic rings. The highest BCUT2D eigenvalue weighted by molar-refractivity contribution is 5.98. The lowest BCUT2D eigenvalue weighted by atomic mass is 10.2. The first kappa shape index (κ1) is 29.3. The average molecular weight is 588 g/mol. The van der Waals surface area contributed by atoms with E-state index < -0.39 is 46.7 Å². The van der Waals surface area contributed by atoms with Crippen molar-refractivity contribution in [3.8, 4) is 11.5 Å². The summed E-state index contributed by atoms with van der Waals surface area (Å²) < 4.78 is 89.5. The molecule has 0 saturated carbocycles. The van der Waals surface area contributed by atoms with Crippen molar-refractivity contribution in [2.45, 2.75) is 25.3 Å². The molecule has 1 amide bonds. The fourth-order valence-corrected chi connectivity index (χ4v) is 3.93. The molecule has 1 unspecified atom stereocenters. The third kappa shape index (κ3) is 6.58. The molecule has 12 nitrogen and oxygen atoms in total. The van der Waals surface area contributed by atoms with E-state index in [0.717, 1.165) is 6.20 Å². The summed E-state index contributed by atoms with van der Waals surface area (Å²) in [6, 6.07) is 0.691. The fraction of sp³-hybridized carbons (Fsp3) is 0.391. The van der Waals surface area contributed by atoms with Gasteiger partial charge in [0.1, 0.15) is 18.7 Å². The summed E-state index contributed by atoms with van der Waals surface area (Å²) in [6.45, 7) is 1.30. The number of methoxy groups -OCH3 is 1. The average Bonchev–Trinajstić information content (AvgIpc) is 2.90. The van der Waals surface area contributed by atoms with Crippen LogP contribution in [0.15, 0.2) is 35.6 Å². The van der Waals surface area contributed by atoms with E-state index in [2.05, 4.69) is 25.4 Å². The molecule has 1 fully saturated rings. The van der Waals surface area contributed by atoms with Crippen LogP contribution in [0.4, 0.5) is 43.8 Å². The summed E-state index contributed by atoms with van der Waals surface area (Å²) in [5.74, 6) is -0.219. The summed E-state index contributed by atoms with van der Waals surface area (Å²) in [6.07, 6.45) is -6.06. The third-order valence-corrected chi connectivity index (χ3v) is 5.81. The number of halogens is 6. The quantitative estimate of drug-likeness (QED) is 0.378. The number of piperazine rings is 1. The van der Waals surface area contributed by atoms with Crippen LogP contribution in [0.1, 0.15) is 18.1 Å². The van der Waals surface area contributed by atoms with Gasteiger partial charge in [0.2, 0.25) is 17.6 Å². The van der Waals surface area contributed by atoms with Crippen molar-refractivity contribution in [3.05, 3.63) is 52.3 Å². The maximum Gasteiger partial charge on any atom is 0.423 e. The highest BCUT2D eigenvalue weighted by Gasteiger charge is 2.38. The molecule has 0 radical (unpaired) electrons. The van der Waals surface area contributed by atoms with Crippen molar-refractivity contribution in [1.29, 1.82) is 0 Å². The van der Waals surface area contributed by atoms with Gasteiger partial charge in [0.25, 0.3) is 5.56 Å². The summed E-state index contributed by atoms with van der Waals surface area (Å²) in [7, 11) is 1.31. The van der Waals surface area contributed by atoms with Crippen molar-refractivity contribution < 1.29 is 40.6 Å². The fourth-order valence-electron chi connectivity index (χ4n) is 3.93. The number of ether oxygens (including phenoxy) is 2. The van der Waals surface area contributed by atoms with E-state index in [1.54, 1.807) is 5.10 Å². The highest BCUT2D eigenvalue weighted by Crippen LogP contribution is 2.37. The van der Waals surface area contributed by atoms with Crippen molar-refractivity contribution in [2.75, 3.05) is 48.5 Å². The number of aromatic amines is 1. The minimum Gasteiger partial charge on any atom is -0.490 e. The normalized spacial score (nSPS) is 15.1. The van der Waals surface area contributed by atoms with Gasteiger partial charge in [-0.05, 0) is 6.92 Å². The number of nitrogens with zero attached hydrogens (tertiary/aromatic N) is 6. The number of H-pyrrole nitrogens is 1. The van der Waals surface area contributed by atoms with Gasteiger partial charge in [-0.1, -0.05) is 0 Å². The maximum atomic E-state index is 13.3. The lowest BCUT2D eigenvalue weighted by Gasteiger charge is -2.34. The number of hydrogen-bond donors (Lipinski definition) is 2. The smallest absolute Gasteiger partial charge is 0.423 e. The van der Waals surface area contributed by atoms with Gasteiger partial charge in [-0.15, -0.1) is 0 Å². The number of carbonyl (C=O) groups is 1. The third-order valence-electron chi connectivity index (χ3n) is 5.81. The van der Waals surface area contributed by atoms with Crippen LogP contribution >= 0.6 is 0 Å². The molecular formula is C23H22F6N8O4. The lowest BCUT2D eigenvalue weighted by Crippen LogP contribution is -2.51. The van der Waals surface area contributed by atoms with Gasteiger partial charge in [-0.2, -0.15) is 31.4 Å². The molecule has 4 heterocycles. The van der Waals surface area contributed by atoms with Crippen molar-refractivity contribution in [1.82, 2.24) is 25.1 Å². The minimum atomic E-state index is -4.92. The van der Waals surface area contributed by atoms with Gasteiger partial charge in [0, 0.05) is 37.7 Å². The zero-order chi connectivity index (χ0) is 29.9. The largest absolute Gasteiger partial charge is 0.490 e. The van der Waals surface area contributed by atoms with Gasteiger partial charge >= 0.3 is 12.4 Å². The second-order valence-corrected chi connectivity index (χ2v) is 8.74. The number of carbonyl (C=O) groups excluding carboxylic acids is 1. The van der Waals surface area contributed by atoms with Crippen molar-refractivity contribution in [3.63, 3.8) is 0 Å². The van der Waals surface area contributed by atoms with Gasteiger partial charge in [0.15, 0.2) is 11.6 Å². The molecule has 0 bridgehead atoms. The molecule has 0 aliphatic carbocycles. The predicted molar refractivity (Wildman–Crippen MR) is 131 cm³/mol. The Balaban J connectivity index is 1.44. The van der Waals surface area contributed by atoms with Gasteiger partial charge in [-0.3, -0.25) is 14.5 Å². The second-order valence-electron chi connectivity index (χ2n) is 8.74. The van der Waals surface area contributed by atoms with Crippen LogP contribution in [0.25, 0.3) is 0 Å². The number of rotatable bonds is 8. The molecule has 1 saturated heterocycles. The second kappa shape index (κ2) is 11.5. The summed E-state index contributed by atoms with van der Waals surface area (Å²) >= 11 is 0. The molecule has 220 valence electrons. The Labute approximate surface area is 227 Å². The molecule has 41 heavy (non-hydrogen) atoms. The number of alkyl halides is 6. The van der Waals surface area contributed by atoms with E-state index in [1.165, 1.54) is 36.1 Å². The summed E-state index contributed by atoms with van der Waals surface area (Å²) in [5, 5.41) is 7.71. The van der Waals surface area contributed by atoms with Crippen LogP contribution in [-0.2, 0) is 17.1 Å². The number of anilines is 3. The van der Waals surface area contributed by atoms with Crippen molar-refractivity contribution >= 4 is 23.4 Å². The molecule has 3 aromatic heterocycles. The number of aromatic nitrogens is 5. The van der Waals surface area contributed by atoms with E-state index in [0.29, 0.717) is 12.4 Å². The first-order valence-corrected chi connectivity index (χ1v) is 11.8. The SMILES string of the molecule is COc1c(OCC(C)Nc2cn[nH]c(=O)c2C(F)(F)F)ccnc1N1CCN(c2ncc(C(F)(F)F)cn2)CC1=O. The Kier molecular flexibility index (Phi) is 8.20. The van der Waals surface area contributed by atoms with Crippen LogP contribution < -0.4 is 30.1 Å². The zero-order valence-corrected chi connectivity index (χ0v) is 21.4. The van der Waals surface area contributed by atoms with E-state index in [-0.39, 0.29) is 49.5 Å². The Hall–Kier alpha value is -4.64. The standard InChI is InChI=1S/C23H22F6N8O4/c1-12(34-14-9-33-35-20(39)17(14)23(27,28)29)11-41-15-3-4-30-19(18(15)40-2)37-6-5-36(10-16(37)38)21-31-7-13(8-32-21)22(24,25)26/h3-4,7-9,12H,5-6,10-11H2,1-2H3,(H2,34,35,39). The minimum absolute atomic E-state index is 0.0474. The van der Waals surface area contributed by atoms with Crippen LogP contribution in [0.2, 0.25) is 0 Å². The molecule has 18 heteroatoms. The molecule has 2 N–H and O–H groups in total. The van der Waals surface area contributed by atoms with E-state index >= 15 is 0 Å². The van der Waals surface area contributed by atoms with Gasteiger partial charge in [0.05, 0.1) is 30.6 Å². The molecular weight excluding hydrogens is 566 g/mol. The first-order valence-electron chi connectivity index (χ1n) is 11.8. The molecule has 1 aliphatic rings. The number of pyridine rings is 1. The summed E-state index contributed by atoms with van der Waals surface area (Å²) in [5.41, 5.74) is -4.37. The van der Waals surface area contributed by atoms with Crippen LogP contribution in [0.3, 0.4) is 0 Å². The van der Waals surface area contributed by atoms with Gasteiger partial charge in [-0.25, -0.2) is 20.1 Å². The molecule has 1 aliphatic heterocycles. The Bertz CT molecular complexity index is 1450. The van der Waals surface area contributed by atoms with Crippen LogP contribution in [0, 0.1) is 0 Å². The van der Waals surface area contributed by atoms with Crippen molar-refractivity contribution in [2.24, 2.45) is 0 Å². The van der Waals surface area contributed by atoms with Crippen LogP contribution in [-0.4, -0.2) is 70.4 Å². The predicted octanol–water partition coefficient (Wildman–Crippen LogP) is 2.73.